The number of benzene rings is 3. The lowest BCUT2D eigenvalue weighted by molar-refractivity contribution is -0.132. The SMILES string of the molecule is CCCCCOc1cccc([C@H]2/C(=C(\O)c3ccc4c(c3)OCCO4)C(=O)C(=O)N2c2nc3ccc(C)cc3s2)c1. The largest absolute Gasteiger partial charge is 0.507 e. The van der Waals surface area contributed by atoms with Crippen molar-refractivity contribution in [3.63, 3.8) is 0 Å². The van der Waals surface area contributed by atoms with Crippen LogP contribution in [0.4, 0.5) is 5.13 Å². The van der Waals surface area contributed by atoms with E-state index in [1.165, 1.54) is 16.2 Å². The number of anilines is 1. The molecule has 1 saturated heterocycles. The van der Waals surface area contributed by atoms with Crippen LogP contribution in [-0.4, -0.2) is 41.6 Å². The second kappa shape index (κ2) is 11.2. The molecule has 0 aliphatic carbocycles. The van der Waals surface area contributed by atoms with E-state index < -0.39 is 17.7 Å². The number of aliphatic hydroxyl groups excluding tert-OH is 1. The van der Waals surface area contributed by atoms with E-state index in [1.807, 2.05) is 49.4 Å². The molecule has 0 spiro atoms. The maximum absolute atomic E-state index is 13.7. The predicted octanol–water partition coefficient (Wildman–Crippen LogP) is 6.57. The van der Waals surface area contributed by atoms with Crippen molar-refractivity contribution < 1.29 is 28.9 Å². The number of aromatic nitrogens is 1. The number of hydrogen-bond donors (Lipinski definition) is 1. The highest BCUT2D eigenvalue weighted by Crippen LogP contribution is 2.45. The second-order valence-electron chi connectivity index (χ2n) is 10.1. The number of aliphatic hydroxyl groups is 1. The van der Waals surface area contributed by atoms with Crippen LogP contribution in [0, 0.1) is 6.92 Å². The molecule has 1 N–H and O–H groups in total. The van der Waals surface area contributed by atoms with Crippen molar-refractivity contribution in [2.24, 2.45) is 0 Å². The number of hydrogen-bond acceptors (Lipinski definition) is 8. The first-order valence-corrected chi connectivity index (χ1v) is 14.6. The molecular formula is C32H30N2O6S. The fraction of sp³-hybridized carbons (Fsp3) is 0.281. The Morgan fingerprint density at radius 1 is 1.05 bits per heavy atom. The Hall–Kier alpha value is -4.37. The monoisotopic (exact) mass is 570 g/mol. The van der Waals surface area contributed by atoms with Gasteiger partial charge in [-0.15, -0.1) is 0 Å². The highest BCUT2D eigenvalue weighted by Gasteiger charge is 2.48. The third-order valence-corrected chi connectivity index (χ3v) is 8.21. The summed E-state index contributed by atoms with van der Waals surface area (Å²) in [5.41, 5.74) is 2.76. The average molecular weight is 571 g/mol. The van der Waals surface area contributed by atoms with Crippen molar-refractivity contribution in [3.05, 3.63) is 82.9 Å². The van der Waals surface area contributed by atoms with E-state index in [0.717, 1.165) is 35.0 Å². The van der Waals surface area contributed by atoms with Gasteiger partial charge < -0.3 is 19.3 Å². The summed E-state index contributed by atoms with van der Waals surface area (Å²) in [5, 5.41) is 12.0. The summed E-state index contributed by atoms with van der Waals surface area (Å²) < 4.78 is 18.2. The molecule has 3 heterocycles. The molecule has 1 aromatic heterocycles. The van der Waals surface area contributed by atoms with E-state index in [0.29, 0.717) is 53.3 Å². The van der Waals surface area contributed by atoms with E-state index in [9.17, 15) is 14.7 Å². The summed E-state index contributed by atoms with van der Waals surface area (Å²) in [6.07, 6.45) is 3.07. The number of ketones is 1. The van der Waals surface area contributed by atoms with Crippen molar-refractivity contribution in [2.75, 3.05) is 24.7 Å². The maximum Gasteiger partial charge on any atom is 0.301 e. The number of fused-ring (bicyclic) bond motifs is 2. The summed E-state index contributed by atoms with van der Waals surface area (Å²) in [4.78, 5) is 33.4. The molecule has 1 fully saturated rings. The number of nitrogens with zero attached hydrogens (tertiary/aromatic N) is 2. The van der Waals surface area contributed by atoms with Crippen molar-refractivity contribution in [1.82, 2.24) is 4.98 Å². The third-order valence-electron chi connectivity index (χ3n) is 7.19. The molecule has 0 radical (unpaired) electrons. The number of thiazole rings is 1. The third kappa shape index (κ3) is 5.13. The topological polar surface area (TPSA) is 98.2 Å². The Morgan fingerprint density at radius 2 is 1.88 bits per heavy atom. The minimum Gasteiger partial charge on any atom is -0.507 e. The summed E-state index contributed by atoms with van der Waals surface area (Å²) >= 11 is 1.33. The van der Waals surface area contributed by atoms with Gasteiger partial charge >= 0.3 is 5.91 Å². The van der Waals surface area contributed by atoms with Gasteiger partial charge in [0, 0.05) is 5.56 Å². The predicted molar refractivity (Wildman–Crippen MR) is 158 cm³/mol. The lowest BCUT2D eigenvalue weighted by Crippen LogP contribution is -2.29. The first-order chi connectivity index (χ1) is 19.9. The molecular weight excluding hydrogens is 540 g/mol. The van der Waals surface area contributed by atoms with Gasteiger partial charge in [-0.1, -0.05) is 49.3 Å². The normalized spacial score (nSPS) is 17.8. The molecule has 210 valence electrons. The Balaban J connectivity index is 1.48. The van der Waals surface area contributed by atoms with Gasteiger partial charge in [0.1, 0.15) is 24.7 Å². The highest BCUT2D eigenvalue weighted by atomic mass is 32.1. The number of Topliss-reactive ketones (excluding diaryl/α,β-unsaturated/α-hetero) is 1. The van der Waals surface area contributed by atoms with E-state index in [-0.39, 0.29) is 11.3 Å². The van der Waals surface area contributed by atoms with Gasteiger partial charge in [0.05, 0.1) is 28.4 Å². The zero-order chi connectivity index (χ0) is 28.5. The summed E-state index contributed by atoms with van der Waals surface area (Å²) in [7, 11) is 0. The van der Waals surface area contributed by atoms with Crippen LogP contribution in [0.3, 0.4) is 0 Å². The lowest BCUT2D eigenvalue weighted by atomic mass is 9.95. The van der Waals surface area contributed by atoms with Gasteiger partial charge in [0.2, 0.25) is 0 Å². The summed E-state index contributed by atoms with van der Waals surface area (Å²) in [6.45, 7) is 5.50. The zero-order valence-electron chi connectivity index (χ0n) is 22.9. The van der Waals surface area contributed by atoms with Crippen molar-refractivity contribution >= 4 is 44.1 Å². The first kappa shape index (κ1) is 26.8. The van der Waals surface area contributed by atoms with Crippen LogP contribution in [0.1, 0.15) is 48.9 Å². The molecule has 2 aliphatic rings. The van der Waals surface area contributed by atoms with Crippen LogP contribution in [0.5, 0.6) is 17.2 Å². The van der Waals surface area contributed by atoms with Gasteiger partial charge in [-0.2, -0.15) is 0 Å². The van der Waals surface area contributed by atoms with Crippen molar-refractivity contribution in [1.29, 1.82) is 0 Å². The molecule has 4 aromatic rings. The van der Waals surface area contributed by atoms with Gasteiger partial charge in [0.15, 0.2) is 16.6 Å². The summed E-state index contributed by atoms with van der Waals surface area (Å²) in [6, 6.07) is 17.2. The van der Waals surface area contributed by atoms with Crippen LogP contribution >= 0.6 is 11.3 Å². The molecule has 41 heavy (non-hydrogen) atoms. The number of carbonyl (C=O) groups is 2. The standard InChI is InChI=1S/C32H30N2O6S/c1-3-4-5-13-38-22-8-6-7-20(17-22)28-27(29(35)21-10-12-24-25(18-21)40-15-14-39-24)30(36)31(37)34(28)32-33-23-11-9-19(2)16-26(23)41-32/h6-12,16-18,28,35H,3-5,13-15H2,1-2H3/b29-27+/t28-/m0/s1. The van der Waals surface area contributed by atoms with E-state index >= 15 is 0 Å². The zero-order valence-corrected chi connectivity index (χ0v) is 23.7. The van der Waals surface area contributed by atoms with Crippen molar-refractivity contribution in [3.8, 4) is 17.2 Å². The number of ether oxygens (including phenoxy) is 3. The minimum absolute atomic E-state index is 0.0229. The number of rotatable bonds is 8. The number of unbranched alkanes of at least 4 members (excludes halogenated alkanes) is 2. The van der Waals surface area contributed by atoms with Crippen LogP contribution in [0.2, 0.25) is 0 Å². The van der Waals surface area contributed by atoms with E-state index in [2.05, 4.69) is 6.92 Å². The molecule has 3 aromatic carbocycles. The molecule has 0 unspecified atom stereocenters. The molecule has 9 heteroatoms. The number of amides is 1. The Morgan fingerprint density at radius 3 is 2.71 bits per heavy atom. The first-order valence-electron chi connectivity index (χ1n) is 13.8. The molecule has 0 bridgehead atoms. The molecule has 6 rings (SSSR count). The number of aryl methyl sites for hydroxylation is 1. The van der Waals surface area contributed by atoms with Crippen LogP contribution in [-0.2, 0) is 9.59 Å². The molecule has 0 saturated carbocycles. The van der Waals surface area contributed by atoms with E-state index in [1.54, 1.807) is 18.2 Å². The fourth-order valence-electron chi connectivity index (χ4n) is 5.13. The lowest BCUT2D eigenvalue weighted by Gasteiger charge is -2.24. The Kier molecular flexibility index (Phi) is 7.36. The van der Waals surface area contributed by atoms with Crippen molar-refractivity contribution in [2.45, 2.75) is 39.2 Å². The highest BCUT2D eigenvalue weighted by molar-refractivity contribution is 7.22. The van der Waals surface area contributed by atoms with Gasteiger partial charge in [-0.3, -0.25) is 14.5 Å². The van der Waals surface area contributed by atoms with E-state index in [4.69, 9.17) is 19.2 Å². The van der Waals surface area contributed by atoms with Gasteiger partial charge in [0.25, 0.3) is 5.78 Å². The van der Waals surface area contributed by atoms with Crippen LogP contribution < -0.4 is 19.1 Å². The minimum atomic E-state index is -0.913. The average Bonchev–Trinajstić information content (AvgIpc) is 3.52. The Bertz CT molecular complexity index is 1680. The quantitative estimate of drug-likeness (QED) is 0.111. The summed E-state index contributed by atoms with van der Waals surface area (Å²) in [5.74, 6) is -0.175. The Labute approximate surface area is 241 Å². The van der Waals surface area contributed by atoms with Gasteiger partial charge in [-0.25, -0.2) is 4.98 Å². The molecule has 1 amide bonds. The van der Waals surface area contributed by atoms with Crippen LogP contribution in [0.15, 0.2) is 66.2 Å². The molecule has 1 atom stereocenters. The fourth-order valence-corrected chi connectivity index (χ4v) is 6.22. The maximum atomic E-state index is 13.7. The van der Waals surface area contributed by atoms with Gasteiger partial charge in [-0.05, 0) is 66.9 Å². The molecule has 2 aliphatic heterocycles. The number of carbonyl (C=O) groups excluding carboxylic acids is 2. The van der Waals surface area contributed by atoms with Crippen LogP contribution in [0.25, 0.3) is 16.0 Å². The smallest absolute Gasteiger partial charge is 0.301 e. The molecule has 8 nitrogen and oxygen atoms in total. The second-order valence-corrected chi connectivity index (χ2v) is 11.1.